The van der Waals surface area contributed by atoms with Gasteiger partial charge in [-0.25, -0.2) is 9.78 Å². The SMILES string of the molecule is CN(Cc1cnn(C)c1)C(=O)c1ccnc(C(=O)O)c1. The quantitative estimate of drug-likeness (QED) is 0.890. The van der Waals surface area contributed by atoms with Crippen LogP contribution in [0.2, 0.25) is 0 Å². The largest absolute Gasteiger partial charge is 0.477 e. The van der Waals surface area contributed by atoms with Gasteiger partial charge in [0.1, 0.15) is 5.69 Å². The summed E-state index contributed by atoms with van der Waals surface area (Å²) in [5, 5.41) is 12.9. The van der Waals surface area contributed by atoms with Crippen molar-refractivity contribution in [2.75, 3.05) is 7.05 Å². The first-order chi connectivity index (χ1) is 9.47. The first kappa shape index (κ1) is 13.7. The lowest BCUT2D eigenvalue weighted by atomic mass is 10.2. The lowest BCUT2D eigenvalue weighted by molar-refractivity contribution is 0.0690. The molecule has 7 heteroatoms. The Morgan fingerprint density at radius 3 is 2.80 bits per heavy atom. The molecule has 0 aliphatic heterocycles. The maximum atomic E-state index is 12.2. The molecular weight excluding hydrogens is 260 g/mol. The van der Waals surface area contributed by atoms with Crippen molar-refractivity contribution in [1.29, 1.82) is 0 Å². The number of rotatable bonds is 4. The van der Waals surface area contributed by atoms with Crippen LogP contribution in [-0.2, 0) is 13.6 Å². The zero-order chi connectivity index (χ0) is 14.7. The number of carboxylic acids is 1. The van der Waals surface area contributed by atoms with Crippen LogP contribution in [0.4, 0.5) is 0 Å². The van der Waals surface area contributed by atoms with Crippen molar-refractivity contribution in [3.8, 4) is 0 Å². The highest BCUT2D eigenvalue weighted by Crippen LogP contribution is 2.08. The van der Waals surface area contributed by atoms with Crippen LogP contribution in [0.1, 0.15) is 26.4 Å². The summed E-state index contributed by atoms with van der Waals surface area (Å²) in [7, 11) is 3.45. The molecule has 0 unspecified atom stereocenters. The van der Waals surface area contributed by atoms with E-state index in [0.717, 1.165) is 5.56 Å². The minimum Gasteiger partial charge on any atom is -0.477 e. The summed E-state index contributed by atoms with van der Waals surface area (Å²) >= 11 is 0. The van der Waals surface area contributed by atoms with Gasteiger partial charge in [0, 0.05) is 44.2 Å². The van der Waals surface area contributed by atoms with Crippen LogP contribution < -0.4 is 0 Å². The van der Waals surface area contributed by atoms with Gasteiger partial charge in [0.2, 0.25) is 0 Å². The molecule has 0 saturated heterocycles. The van der Waals surface area contributed by atoms with Gasteiger partial charge in [-0.1, -0.05) is 0 Å². The van der Waals surface area contributed by atoms with Crippen LogP contribution in [0.5, 0.6) is 0 Å². The van der Waals surface area contributed by atoms with Crippen LogP contribution in [0, 0.1) is 0 Å². The fourth-order valence-corrected chi connectivity index (χ4v) is 1.80. The number of nitrogens with zero attached hydrogens (tertiary/aromatic N) is 4. The topological polar surface area (TPSA) is 88.3 Å². The standard InChI is InChI=1S/C13H14N4O3/c1-16(7-9-6-15-17(2)8-9)12(18)10-3-4-14-11(5-10)13(19)20/h3-6,8H,7H2,1-2H3,(H,19,20). The van der Waals surface area contributed by atoms with Crippen LogP contribution in [0.15, 0.2) is 30.7 Å². The van der Waals surface area contributed by atoms with E-state index in [-0.39, 0.29) is 11.6 Å². The summed E-state index contributed by atoms with van der Waals surface area (Å²) in [6, 6.07) is 2.76. The molecule has 104 valence electrons. The zero-order valence-electron chi connectivity index (χ0n) is 11.1. The van der Waals surface area contributed by atoms with Crippen molar-refractivity contribution in [2.45, 2.75) is 6.54 Å². The number of hydrogen-bond donors (Lipinski definition) is 1. The van der Waals surface area contributed by atoms with Gasteiger partial charge in [0.25, 0.3) is 5.91 Å². The van der Waals surface area contributed by atoms with E-state index in [0.29, 0.717) is 12.1 Å². The minimum atomic E-state index is -1.16. The number of aryl methyl sites for hydroxylation is 1. The zero-order valence-corrected chi connectivity index (χ0v) is 11.1. The van der Waals surface area contributed by atoms with E-state index in [1.807, 2.05) is 6.20 Å². The first-order valence-corrected chi connectivity index (χ1v) is 5.89. The van der Waals surface area contributed by atoms with Crippen LogP contribution >= 0.6 is 0 Å². The highest BCUT2D eigenvalue weighted by Gasteiger charge is 2.15. The fourth-order valence-electron chi connectivity index (χ4n) is 1.80. The predicted molar refractivity (Wildman–Crippen MR) is 70.2 cm³/mol. The van der Waals surface area contributed by atoms with E-state index < -0.39 is 5.97 Å². The predicted octanol–water partition coefficient (Wildman–Crippen LogP) is 0.785. The van der Waals surface area contributed by atoms with E-state index in [1.54, 1.807) is 25.0 Å². The Hall–Kier alpha value is -2.70. The van der Waals surface area contributed by atoms with Gasteiger partial charge in [-0.2, -0.15) is 5.10 Å². The molecule has 0 atom stereocenters. The molecule has 2 rings (SSSR count). The van der Waals surface area contributed by atoms with E-state index in [2.05, 4.69) is 10.1 Å². The summed E-state index contributed by atoms with van der Waals surface area (Å²) in [5.41, 5.74) is 1.05. The van der Waals surface area contributed by atoms with Crippen molar-refractivity contribution in [3.05, 3.63) is 47.5 Å². The highest BCUT2D eigenvalue weighted by molar-refractivity contribution is 5.96. The molecule has 0 aromatic carbocycles. The number of carboxylic acid groups (broad SMARTS) is 1. The molecule has 0 spiro atoms. The maximum absolute atomic E-state index is 12.2. The molecule has 2 aromatic rings. The molecule has 2 heterocycles. The molecule has 0 aliphatic rings. The molecular formula is C13H14N4O3. The molecule has 0 aliphatic carbocycles. The Bertz CT molecular complexity index is 651. The molecule has 0 fully saturated rings. The number of carbonyl (C=O) groups is 2. The number of amides is 1. The van der Waals surface area contributed by atoms with Gasteiger partial charge in [0.15, 0.2) is 0 Å². The molecule has 1 amide bonds. The Kier molecular flexibility index (Phi) is 3.79. The fraction of sp³-hybridized carbons (Fsp3) is 0.231. The summed E-state index contributed by atoms with van der Waals surface area (Å²) < 4.78 is 1.66. The second kappa shape index (κ2) is 5.52. The number of pyridine rings is 1. The van der Waals surface area contributed by atoms with E-state index in [9.17, 15) is 9.59 Å². The Labute approximate surface area is 115 Å². The Morgan fingerprint density at radius 2 is 2.20 bits per heavy atom. The molecule has 2 aromatic heterocycles. The van der Waals surface area contributed by atoms with Gasteiger partial charge in [-0.15, -0.1) is 0 Å². The second-order valence-electron chi connectivity index (χ2n) is 4.42. The summed E-state index contributed by atoms with van der Waals surface area (Å²) in [5.74, 6) is -1.42. The maximum Gasteiger partial charge on any atom is 0.354 e. The van der Waals surface area contributed by atoms with Crippen LogP contribution in [0.25, 0.3) is 0 Å². The molecule has 7 nitrogen and oxygen atoms in total. The van der Waals surface area contributed by atoms with Crippen molar-refractivity contribution < 1.29 is 14.7 Å². The van der Waals surface area contributed by atoms with Crippen molar-refractivity contribution in [1.82, 2.24) is 19.7 Å². The van der Waals surface area contributed by atoms with Crippen molar-refractivity contribution in [3.63, 3.8) is 0 Å². The third-order valence-corrected chi connectivity index (χ3v) is 2.75. The van der Waals surface area contributed by atoms with Gasteiger partial charge in [0.05, 0.1) is 6.20 Å². The third-order valence-electron chi connectivity index (χ3n) is 2.75. The third kappa shape index (κ3) is 3.00. The summed E-state index contributed by atoms with van der Waals surface area (Å²) in [4.78, 5) is 28.2. The molecule has 0 radical (unpaired) electrons. The minimum absolute atomic E-state index is 0.148. The first-order valence-electron chi connectivity index (χ1n) is 5.89. The summed E-state index contributed by atoms with van der Waals surface area (Å²) in [6.45, 7) is 0.400. The van der Waals surface area contributed by atoms with Crippen molar-refractivity contribution in [2.24, 2.45) is 7.05 Å². The summed E-state index contributed by atoms with van der Waals surface area (Å²) in [6.07, 6.45) is 4.81. The number of carbonyl (C=O) groups excluding carboxylic acids is 1. The average Bonchev–Trinajstić information content (AvgIpc) is 2.83. The smallest absolute Gasteiger partial charge is 0.354 e. The number of aromatic carboxylic acids is 1. The average molecular weight is 274 g/mol. The van der Waals surface area contributed by atoms with E-state index in [4.69, 9.17) is 5.11 Å². The van der Waals surface area contributed by atoms with Gasteiger partial charge in [-0.05, 0) is 12.1 Å². The van der Waals surface area contributed by atoms with Gasteiger partial charge >= 0.3 is 5.97 Å². The highest BCUT2D eigenvalue weighted by atomic mass is 16.4. The monoisotopic (exact) mass is 274 g/mol. The second-order valence-corrected chi connectivity index (χ2v) is 4.42. The lowest BCUT2D eigenvalue weighted by Crippen LogP contribution is -2.26. The Morgan fingerprint density at radius 1 is 1.45 bits per heavy atom. The molecule has 20 heavy (non-hydrogen) atoms. The van der Waals surface area contributed by atoms with Crippen LogP contribution in [0.3, 0.4) is 0 Å². The Balaban J connectivity index is 2.14. The van der Waals surface area contributed by atoms with E-state index in [1.165, 1.54) is 23.2 Å². The van der Waals surface area contributed by atoms with Crippen molar-refractivity contribution >= 4 is 11.9 Å². The normalized spacial score (nSPS) is 10.3. The van der Waals surface area contributed by atoms with E-state index >= 15 is 0 Å². The number of hydrogen-bond acceptors (Lipinski definition) is 4. The molecule has 0 saturated carbocycles. The van der Waals surface area contributed by atoms with Crippen LogP contribution in [-0.4, -0.2) is 43.7 Å². The van der Waals surface area contributed by atoms with Gasteiger partial charge < -0.3 is 10.0 Å². The lowest BCUT2D eigenvalue weighted by Gasteiger charge is -2.16. The molecule has 1 N–H and O–H groups in total. The molecule has 0 bridgehead atoms. The number of aromatic nitrogens is 3. The van der Waals surface area contributed by atoms with Gasteiger partial charge in [-0.3, -0.25) is 9.48 Å².